The van der Waals surface area contributed by atoms with E-state index in [9.17, 15) is 9.59 Å². The molecule has 2 aliphatic rings. The normalized spacial score (nSPS) is 21.8. The summed E-state index contributed by atoms with van der Waals surface area (Å²) in [4.78, 5) is 31.6. The molecule has 1 aliphatic heterocycles. The molecule has 2 aromatic rings. The quantitative estimate of drug-likeness (QED) is 0.463. The van der Waals surface area contributed by atoms with Crippen LogP contribution >= 0.6 is 0 Å². The fraction of sp³-hybridized carbons (Fsp3) is 0.414. The van der Waals surface area contributed by atoms with Crippen molar-refractivity contribution in [2.45, 2.75) is 51.9 Å². The molecule has 0 bridgehead atoms. The number of Topliss-reactive ketones (excluding diaryl/α,β-unsaturated/α-hetero) is 1. The van der Waals surface area contributed by atoms with Crippen LogP contribution in [0.5, 0.6) is 11.5 Å². The van der Waals surface area contributed by atoms with Gasteiger partial charge in [-0.25, -0.2) is 0 Å². The van der Waals surface area contributed by atoms with E-state index in [2.05, 4.69) is 0 Å². The Morgan fingerprint density at radius 1 is 0.971 bits per heavy atom. The molecule has 3 unspecified atom stereocenters. The molecule has 184 valence electrons. The maximum atomic E-state index is 13.6. The van der Waals surface area contributed by atoms with Gasteiger partial charge in [0.2, 0.25) is 0 Å². The Morgan fingerprint density at radius 2 is 1.63 bits per heavy atom. The molecule has 1 aliphatic carbocycles. The number of carbonyl (C=O) groups excluding carboxylic acids is 2. The number of allylic oxidation sites excluding steroid dienone is 2. The summed E-state index contributed by atoms with van der Waals surface area (Å²) in [5.74, 6) is 0.233. The predicted molar refractivity (Wildman–Crippen MR) is 135 cm³/mol. The summed E-state index contributed by atoms with van der Waals surface area (Å²) in [5.41, 5.74) is 4.08. The molecule has 35 heavy (non-hydrogen) atoms. The average Bonchev–Trinajstić information content (AvgIpc) is 2.87. The van der Waals surface area contributed by atoms with Gasteiger partial charge in [0.1, 0.15) is 17.4 Å². The monoisotopic (exact) mass is 475 g/mol. The Bertz CT molecular complexity index is 1130. The minimum Gasteiger partial charge on any atom is -0.497 e. The highest BCUT2D eigenvalue weighted by Gasteiger charge is 2.44. The molecule has 6 nitrogen and oxygen atoms in total. The van der Waals surface area contributed by atoms with Crippen LogP contribution in [-0.4, -0.2) is 37.8 Å². The molecule has 0 radical (unpaired) electrons. The molecular formula is C29H33NO5. The maximum absolute atomic E-state index is 13.6. The molecule has 0 amide bonds. The fourth-order valence-corrected chi connectivity index (χ4v) is 5.07. The van der Waals surface area contributed by atoms with Crippen LogP contribution in [0.25, 0.3) is 0 Å². The topological polar surface area (TPSA) is 74.2 Å². The van der Waals surface area contributed by atoms with Gasteiger partial charge in [-0.15, -0.1) is 0 Å². The Labute approximate surface area is 207 Å². The Balaban J connectivity index is 1.73. The van der Waals surface area contributed by atoms with Crippen LogP contribution in [0.1, 0.15) is 63.0 Å². The minimum absolute atomic E-state index is 0.0354. The van der Waals surface area contributed by atoms with Crippen LogP contribution in [0, 0.1) is 5.92 Å². The summed E-state index contributed by atoms with van der Waals surface area (Å²) in [6.45, 7) is 6.68. The van der Waals surface area contributed by atoms with E-state index < -0.39 is 11.8 Å². The van der Waals surface area contributed by atoms with Gasteiger partial charge in [-0.3, -0.25) is 14.6 Å². The first kappa shape index (κ1) is 24.7. The minimum atomic E-state index is -0.625. The number of nitrogens with zero attached hydrogens (tertiary/aromatic N) is 1. The average molecular weight is 476 g/mol. The van der Waals surface area contributed by atoms with E-state index in [4.69, 9.17) is 19.2 Å². The molecular weight excluding hydrogens is 442 g/mol. The number of ketones is 1. The smallest absolute Gasteiger partial charge is 0.315 e. The van der Waals surface area contributed by atoms with Gasteiger partial charge in [-0.1, -0.05) is 31.2 Å². The van der Waals surface area contributed by atoms with E-state index >= 15 is 0 Å². The van der Waals surface area contributed by atoms with Gasteiger partial charge in [-0.2, -0.15) is 0 Å². The molecule has 0 saturated heterocycles. The standard InChI is InChI=1S/C29H33NO5/c1-5-15-35-29(32)26-18(3)30-24-16-21(19-7-11-22(33-4)12-8-19)17-25(31)28(24)27(26)20-9-13-23(14-10-20)34-6-2/h7-14,21,26-27H,5-6,15-17H2,1-4H3. The van der Waals surface area contributed by atoms with Crippen LogP contribution in [0.3, 0.4) is 0 Å². The van der Waals surface area contributed by atoms with Crippen molar-refractivity contribution in [1.29, 1.82) is 0 Å². The van der Waals surface area contributed by atoms with E-state index in [0.717, 1.165) is 34.7 Å². The number of rotatable bonds is 8. The van der Waals surface area contributed by atoms with Gasteiger partial charge in [0, 0.05) is 29.3 Å². The molecule has 0 saturated carbocycles. The number of methoxy groups -OCH3 is 1. The van der Waals surface area contributed by atoms with Gasteiger partial charge in [-0.05, 0) is 68.0 Å². The van der Waals surface area contributed by atoms with Gasteiger partial charge in [0.15, 0.2) is 5.78 Å². The highest BCUT2D eigenvalue weighted by molar-refractivity contribution is 6.09. The third-order valence-electron chi connectivity index (χ3n) is 6.73. The van der Waals surface area contributed by atoms with Crippen molar-refractivity contribution in [2.75, 3.05) is 20.3 Å². The van der Waals surface area contributed by atoms with Crippen LogP contribution < -0.4 is 9.47 Å². The lowest BCUT2D eigenvalue weighted by atomic mass is 9.69. The van der Waals surface area contributed by atoms with Gasteiger partial charge in [0.25, 0.3) is 0 Å². The molecule has 2 aromatic carbocycles. The zero-order chi connectivity index (χ0) is 24.9. The van der Waals surface area contributed by atoms with Gasteiger partial charge < -0.3 is 14.2 Å². The van der Waals surface area contributed by atoms with Crippen molar-refractivity contribution >= 4 is 17.5 Å². The van der Waals surface area contributed by atoms with E-state index in [1.165, 1.54) is 0 Å². The zero-order valence-corrected chi connectivity index (χ0v) is 20.9. The van der Waals surface area contributed by atoms with Crippen LogP contribution in [0.15, 0.2) is 64.8 Å². The highest BCUT2D eigenvalue weighted by Crippen LogP contribution is 2.47. The Kier molecular flexibility index (Phi) is 7.69. The van der Waals surface area contributed by atoms with Gasteiger partial charge >= 0.3 is 5.97 Å². The third-order valence-corrected chi connectivity index (χ3v) is 6.73. The SMILES string of the molecule is CCCOC(=O)C1C(C)=NC2=C(C(=O)CC(c3ccc(OC)cc3)C2)C1c1ccc(OCC)cc1. The highest BCUT2D eigenvalue weighted by atomic mass is 16.5. The number of aliphatic imine (C=N–C) groups is 1. The molecule has 0 spiro atoms. The lowest BCUT2D eigenvalue weighted by Gasteiger charge is -2.36. The van der Waals surface area contributed by atoms with Crippen LogP contribution in [0.4, 0.5) is 0 Å². The lowest BCUT2D eigenvalue weighted by Crippen LogP contribution is -2.38. The van der Waals surface area contributed by atoms with E-state index in [0.29, 0.717) is 37.3 Å². The number of ether oxygens (including phenoxy) is 3. The van der Waals surface area contributed by atoms with Crippen molar-refractivity contribution in [2.24, 2.45) is 10.9 Å². The Morgan fingerprint density at radius 3 is 2.26 bits per heavy atom. The molecule has 1 heterocycles. The molecule has 3 atom stereocenters. The summed E-state index contributed by atoms with van der Waals surface area (Å²) >= 11 is 0. The summed E-state index contributed by atoms with van der Waals surface area (Å²) in [6.07, 6.45) is 1.76. The van der Waals surface area contributed by atoms with Crippen molar-refractivity contribution in [1.82, 2.24) is 0 Å². The first-order valence-electron chi connectivity index (χ1n) is 12.3. The maximum Gasteiger partial charge on any atom is 0.315 e. The van der Waals surface area contributed by atoms with Crippen molar-refractivity contribution in [3.05, 3.63) is 70.9 Å². The summed E-state index contributed by atoms with van der Waals surface area (Å²) in [6, 6.07) is 15.5. The molecule has 6 heteroatoms. The number of carbonyl (C=O) groups is 2. The third kappa shape index (κ3) is 5.16. The largest absolute Gasteiger partial charge is 0.497 e. The van der Waals surface area contributed by atoms with E-state index in [1.54, 1.807) is 7.11 Å². The second-order valence-corrected chi connectivity index (χ2v) is 9.04. The van der Waals surface area contributed by atoms with Crippen molar-refractivity contribution in [3.63, 3.8) is 0 Å². The Hall–Kier alpha value is -3.41. The fourth-order valence-electron chi connectivity index (χ4n) is 5.07. The van der Waals surface area contributed by atoms with E-state index in [1.807, 2.05) is 69.3 Å². The summed E-state index contributed by atoms with van der Waals surface area (Å²) in [5, 5.41) is 0. The zero-order valence-electron chi connectivity index (χ0n) is 20.9. The predicted octanol–water partition coefficient (Wildman–Crippen LogP) is 5.62. The van der Waals surface area contributed by atoms with E-state index in [-0.39, 0.29) is 17.7 Å². The first-order valence-corrected chi connectivity index (χ1v) is 12.3. The second kappa shape index (κ2) is 10.9. The molecule has 0 N–H and O–H groups in total. The van der Waals surface area contributed by atoms with Crippen LogP contribution in [-0.2, 0) is 14.3 Å². The number of hydrogen-bond acceptors (Lipinski definition) is 6. The number of benzene rings is 2. The van der Waals surface area contributed by atoms with Crippen molar-refractivity contribution in [3.8, 4) is 11.5 Å². The summed E-state index contributed by atoms with van der Waals surface area (Å²) in [7, 11) is 1.64. The number of hydrogen-bond donors (Lipinski definition) is 0. The second-order valence-electron chi connectivity index (χ2n) is 9.04. The van der Waals surface area contributed by atoms with Gasteiger partial charge in [0.05, 0.1) is 20.3 Å². The first-order chi connectivity index (χ1) is 17.0. The molecule has 0 aromatic heterocycles. The molecule has 0 fully saturated rings. The van der Waals surface area contributed by atoms with Crippen molar-refractivity contribution < 1.29 is 23.8 Å². The van der Waals surface area contributed by atoms with Crippen LogP contribution in [0.2, 0.25) is 0 Å². The molecule has 4 rings (SSSR count). The summed E-state index contributed by atoms with van der Waals surface area (Å²) < 4.78 is 16.4. The number of esters is 1. The lowest BCUT2D eigenvalue weighted by molar-refractivity contribution is -0.146.